The van der Waals surface area contributed by atoms with Crippen LogP contribution in [-0.2, 0) is 11.3 Å². The third-order valence-corrected chi connectivity index (χ3v) is 4.38. The number of nitrogens with zero attached hydrogens (tertiary/aromatic N) is 1. The highest BCUT2D eigenvalue weighted by molar-refractivity contribution is 6.52. The first-order valence-electron chi connectivity index (χ1n) is 7.95. The molecule has 1 aliphatic heterocycles. The number of anilines is 1. The lowest BCUT2D eigenvalue weighted by Crippen LogP contribution is -2.29. The molecule has 3 aromatic rings. The molecule has 4 heteroatoms. The molecule has 1 aliphatic rings. The van der Waals surface area contributed by atoms with Gasteiger partial charge >= 0.3 is 0 Å². The minimum absolute atomic E-state index is 0.135. The third-order valence-electron chi connectivity index (χ3n) is 4.38. The fourth-order valence-electron chi connectivity index (χ4n) is 3.19. The van der Waals surface area contributed by atoms with Crippen molar-refractivity contribution in [2.75, 3.05) is 4.90 Å². The molecule has 0 N–H and O–H groups in total. The first kappa shape index (κ1) is 15.3. The number of amides is 1. The second-order valence-electron chi connectivity index (χ2n) is 5.88. The van der Waals surface area contributed by atoms with Gasteiger partial charge in [-0.2, -0.15) is 0 Å². The molecule has 0 atom stereocenters. The van der Waals surface area contributed by atoms with Crippen LogP contribution in [0.3, 0.4) is 0 Å². The molecule has 1 heterocycles. The van der Waals surface area contributed by atoms with E-state index in [9.17, 15) is 14.0 Å². The molecule has 3 nitrogen and oxygen atoms in total. The summed E-state index contributed by atoms with van der Waals surface area (Å²) in [6.07, 6.45) is 0. The summed E-state index contributed by atoms with van der Waals surface area (Å²) in [6.45, 7) is 0.214. The van der Waals surface area contributed by atoms with Gasteiger partial charge in [0.15, 0.2) is 0 Å². The molecule has 4 rings (SSSR count). The molecule has 3 aromatic carbocycles. The van der Waals surface area contributed by atoms with Crippen molar-refractivity contribution in [3.63, 3.8) is 0 Å². The number of Topliss-reactive ketones (excluding diaryl/α,β-unsaturated/α-hetero) is 1. The normalized spacial score (nSPS) is 13.2. The van der Waals surface area contributed by atoms with Gasteiger partial charge in [-0.3, -0.25) is 9.59 Å². The largest absolute Gasteiger partial charge is 0.300 e. The molecule has 0 unspecified atom stereocenters. The molecule has 0 radical (unpaired) electrons. The van der Waals surface area contributed by atoms with Crippen LogP contribution >= 0.6 is 0 Å². The molecule has 0 aliphatic carbocycles. The SMILES string of the molecule is O=C1C(=O)N(Cc2ccccc2-c2ccccc2)c2cccc(F)c21. The molecule has 0 spiro atoms. The van der Waals surface area contributed by atoms with E-state index in [0.717, 1.165) is 16.7 Å². The highest BCUT2D eigenvalue weighted by atomic mass is 19.1. The number of carbonyl (C=O) groups is 2. The van der Waals surface area contributed by atoms with Crippen LogP contribution in [0.1, 0.15) is 15.9 Å². The Kier molecular flexibility index (Phi) is 3.65. The van der Waals surface area contributed by atoms with Crippen LogP contribution in [0.2, 0.25) is 0 Å². The Morgan fingerprint density at radius 2 is 1.52 bits per heavy atom. The van der Waals surface area contributed by atoms with Crippen LogP contribution < -0.4 is 4.90 Å². The van der Waals surface area contributed by atoms with E-state index in [2.05, 4.69) is 0 Å². The highest BCUT2D eigenvalue weighted by Gasteiger charge is 2.38. The van der Waals surface area contributed by atoms with Crippen LogP contribution in [0.15, 0.2) is 72.8 Å². The molecule has 0 saturated heterocycles. The Bertz CT molecular complexity index is 982. The number of hydrogen-bond donors (Lipinski definition) is 0. The minimum Gasteiger partial charge on any atom is -0.300 e. The number of rotatable bonds is 3. The summed E-state index contributed by atoms with van der Waals surface area (Å²) < 4.78 is 14.0. The van der Waals surface area contributed by atoms with Gasteiger partial charge in [0.2, 0.25) is 0 Å². The molecule has 0 fully saturated rings. The molecule has 0 bridgehead atoms. The van der Waals surface area contributed by atoms with Crippen molar-refractivity contribution in [3.05, 3.63) is 89.7 Å². The van der Waals surface area contributed by atoms with Crippen molar-refractivity contribution >= 4 is 17.4 Å². The number of carbonyl (C=O) groups excluding carboxylic acids is 2. The van der Waals surface area contributed by atoms with E-state index in [1.807, 2.05) is 54.6 Å². The predicted molar refractivity (Wildman–Crippen MR) is 93.8 cm³/mol. The van der Waals surface area contributed by atoms with Gasteiger partial charge in [-0.1, -0.05) is 60.7 Å². The van der Waals surface area contributed by atoms with E-state index in [-0.39, 0.29) is 12.1 Å². The van der Waals surface area contributed by atoms with Crippen molar-refractivity contribution in [2.24, 2.45) is 0 Å². The average Bonchev–Trinajstić information content (AvgIpc) is 2.89. The fourth-order valence-corrected chi connectivity index (χ4v) is 3.19. The first-order chi connectivity index (χ1) is 12.2. The van der Waals surface area contributed by atoms with Crippen LogP contribution in [0.4, 0.5) is 10.1 Å². The van der Waals surface area contributed by atoms with Gasteiger partial charge in [0.1, 0.15) is 5.82 Å². The molecule has 0 aromatic heterocycles. The summed E-state index contributed by atoms with van der Waals surface area (Å²) in [6, 6.07) is 21.8. The number of hydrogen-bond acceptors (Lipinski definition) is 2. The zero-order valence-electron chi connectivity index (χ0n) is 13.3. The molecular weight excluding hydrogens is 317 g/mol. The third kappa shape index (κ3) is 2.52. The van der Waals surface area contributed by atoms with Crippen LogP contribution in [0, 0.1) is 5.82 Å². The van der Waals surface area contributed by atoms with E-state index in [1.165, 1.54) is 17.0 Å². The maximum Gasteiger partial charge on any atom is 0.299 e. The van der Waals surface area contributed by atoms with Gasteiger partial charge in [-0.25, -0.2) is 4.39 Å². The first-order valence-corrected chi connectivity index (χ1v) is 7.95. The van der Waals surface area contributed by atoms with Gasteiger partial charge in [-0.05, 0) is 28.8 Å². The maximum atomic E-state index is 14.0. The molecule has 0 saturated carbocycles. The average molecular weight is 331 g/mol. The summed E-state index contributed by atoms with van der Waals surface area (Å²) >= 11 is 0. The summed E-state index contributed by atoms with van der Waals surface area (Å²) in [5, 5.41) is 0. The number of halogens is 1. The second-order valence-corrected chi connectivity index (χ2v) is 5.88. The fraction of sp³-hybridized carbons (Fsp3) is 0.0476. The van der Waals surface area contributed by atoms with Gasteiger partial charge < -0.3 is 4.90 Å². The van der Waals surface area contributed by atoms with Crippen LogP contribution in [-0.4, -0.2) is 11.7 Å². The molecule has 1 amide bonds. The number of fused-ring (bicyclic) bond motifs is 1. The lowest BCUT2D eigenvalue weighted by Gasteiger charge is -2.19. The van der Waals surface area contributed by atoms with E-state index in [0.29, 0.717) is 5.69 Å². The van der Waals surface area contributed by atoms with Crippen molar-refractivity contribution in [1.82, 2.24) is 0 Å². The summed E-state index contributed by atoms with van der Waals surface area (Å²) in [4.78, 5) is 25.9. The van der Waals surface area contributed by atoms with Gasteiger partial charge in [0, 0.05) is 0 Å². The molecular formula is C21H14FNO2. The zero-order valence-corrected chi connectivity index (χ0v) is 13.3. The summed E-state index contributed by atoms with van der Waals surface area (Å²) in [5.74, 6) is -2.14. The lowest BCUT2D eigenvalue weighted by atomic mass is 9.99. The number of ketones is 1. The maximum absolute atomic E-state index is 14.0. The summed E-state index contributed by atoms with van der Waals surface area (Å²) in [5.41, 5.74) is 3.10. The molecule has 122 valence electrons. The Labute approximate surface area is 144 Å². The standard InChI is InChI=1S/C21H14FNO2/c22-17-11-6-12-18-19(17)20(24)21(25)23(18)13-15-9-4-5-10-16(15)14-7-2-1-3-8-14/h1-12H,13H2. The van der Waals surface area contributed by atoms with Crippen molar-refractivity contribution < 1.29 is 14.0 Å². The van der Waals surface area contributed by atoms with Crippen molar-refractivity contribution in [2.45, 2.75) is 6.54 Å². The Morgan fingerprint density at radius 1 is 0.800 bits per heavy atom. The van der Waals surface area contributed by atoms with Crippen molar-refractivity contribution in [1.29, 1.82) is 0 Å². The van der Waals surface area contributed by atoms with Gasteiger partial charge in [0.05, 0.1) is 17.8 Å². The van der Waals surface area contributed by atoms with E-state index < -0.39 is 17.5 Å². The quantitative estimate of drug-likeness (QED) is 0.674. The topological polar surface area (TPSA) is 37.4 Å². The zero-order chi connectivity index (χ0) is 17.4. The van der Waals surface area contributed by atoms with Gasteiger partial charge in [-0.15, -0.1) is 0 Å². The Morgan fingerprint density at radius 3 is 2.32 bits per heavy atom. The van der Waals surface area contributed by atoms with Gasteiger partial charge in [0.25, 0.3) is 11.7 Å². The Hall–Kier alpha value is -3.27. The highest BCUT2D eigenvalue weighted by Crippen LogP contribution is 2.33. The lowest BCUT2D eigenvalue weighted by molar-refractivity contribution is -0.114. The second kappa shape index (κ2) is 5.98. The summed E-state index contributed by atoms with van der Waals surface area (Å²) in [7, 11) is 0. The van der Waals surface area contributed by atoms with E-state index in [4.69, 9.17) is 0 Å². The smallest absolute Gasteiger partial charge is 0.299 e. The minimum atomic E-state index is -0.787. The molecule has 25 heavy (non-hydrogen) atoms. The van der Waals surface area contributed by atoms with E-state index >= 15 is 0 Å². The van der Waals surface area contributed by atoms with Crippen LogP contribution in [0.25, 0.3) is 11.1 Å². The Balaban J connectivity index is 1.77. The van der Waals surface area contributed by atoms with Crippen LogP contribution in [0.5, 0.6) is 0 Å². The predicted octanol–water partition coefficient (Wildman–Crippen LogP) is 4.22. The van der Waals surface area contributed by atoms with Crippen molar-refractivity contribution in [3.8, 4) is 11.1 Å². The monoisotopic (exact) mass is 331 g/mol. The number of benzene rings is 3. The van der Waals surface area contributed by atoms with E-state index in [1.54, 1.807) is 6.07 Å².